The number of hydrogen-bond acceptors (Lipinski definition) is 6. The number of aliphatic hydroxyl groups excluding tert-OH is 1. The van der Waals surface area contributed by atoms with Gasteiger partial charge in [-0.3, -0.25) is 13.8 Å². The van der Waals surface area contributed by atoms with Gasteiger partial charge in [-0.1, -0.05) is 145 Å². The van der Waals surface area contributed by atoms with Crippen LogP contribution in [0.2, 0.25) is 0 Å². The van der Waals surface area contributed by atoms with E-state index < -0.39 is 20.0 Å². The SMILES string of the molecule is CC/C=C\C/C=C\C/C=C\C/C=C\C/C=C\C/C=C\CCCCCCC(=O)NC(COP(=O)(O)OCCN)C(O)CCCCCCCCC. The average molecular weight is 707 g/mol. The molecule has 0 saturated carbocycles. The predicted octanol–water partition coefficient (Wildman–Crippen LogP) is 10.1. The van der Waals surface area contributed by atoms with Gasteiger partial charge in [0.25, 0.3) is 0 Å². The molecule has 0 aromatic carbocycles. The van der Waals surface area contributed by atoms with Gasteiger partial charge in [0.1, 0.15) is 0 Å². The van der Waals surface area contributed by atoms with Crippen molar-refractivity contribution in [3.63, 3.8) is 0 Å². The number of carbonyl (C=O) groups is 1. The van der Waals surface area contributed by atoms with Crippen LogP contribution in [0, 0.1) is 0 Å². The Morgan fingerprint density at radius 1 is 0.694 bits per heavy atom. The first-order valence-electron chi connectivity index (χ1n) is 19.1. The third-order valence-electron chi connectivity index (χ3n) is 7.82. The molecule has 0 spiro atoms. The van der Waals surface area contributed by atoms with Crippen molar-refractivity contribution >= 4 is 13.7 Å². The zero-order valence-electron chi connectivity index (χ0n) is 30.9. The number of nitrogens with one attached hydrogen (secondary N) is 1. The minimum Gasteiger partial charge on any atom is -0.391 e. The van der Waals surface area contributed by atoms with Gasteiger partial charge in [-0.25, -0.2) is 4.57 Å². The second-order valence-corrected chi connectivity index (χ2v) is 13.9. The fourth-order valence-electron chi connectivity index (χ4n) is 4.96. The summed E-state index contributed by atoms with van der Waals surface area (Å²) in [5.41, 5.74) is 5.34. The summed E-state index contributed by atoms with van der Waals surface area (Å²) in [5.74, 6) is -0.195. The fraction of sp³-hybridized carbons (Fsp3) is 0.675. The number of phosphoric ester groups is 1. The van der Waals surface area contributed by atoms with Crippen LogP contribution in [0.3, 0.4) is 0 Å². The van der Waals surface area contributed by atoms with Crippen LogP contribution in [0.15, 0.2) is 72.9 Å². The molecule has 1 amide bonds. The van der Waals surface area contributed by atoms with Gasteiger partial charge < -0.3 is 21.1 Å². The Morgan fingerprint density at radius 3 is 1.73 bits per heavy atom. The Hall–Kier alpha value is -2.06. The molecule has 3 unspecified atom stereocenters. The first-order chi connectivity index (χ1) is 23.9. The van der Waals surface area contributed by atoms with Crippen molar-refractivity contribution in [2.75, 3.05) is 19.8 Å². The highest BCUT2D eigenvalue weighted by Crippen LogP contribution is 2.43. The third-order valence-corrected chi connectivity index (χ3v) is 8.81. The molecule has 0 heterocycles. The molecule has 0 aromatic rings. The molecule has 0 bridgehead atoms. The minimum atomic E-state index is -4.31. The van der Waals surface area contributed by atoms with E-state index in [0.717, 1.165) is 89.9 Å². The molecular weight excluding hydrogens is 635 g/mol. The lowest BCUT2D eigenvalue weighted by molar-refractivity contribution is -0.123. The van der Waals surface area contributed by atoms with Crippen LogP contribution in [0.1, 0.15) is 142 Å². The van der Waals surface area contributed by atoms with Crippen molar-refractivity contribution in [3.8, 4) is 0 Å². The monoisotopic (exact) mass is 707 g/mol. The molecule has 0 aliphatic carbocycles. The maximum atomic E-state index is 12.7. The van der Waals surface area contributed by atoms with Gasteiger partial charge in [-0.15, -0.1) is 0 Å². The number of rotatable bonds is 34. The largest absolute Gasteiger partial charge is 0.472 e. The van der Waals surface area contributed by atoms with Crippen molar-refractivity contribution < 1.29 is 28.4 Å². The van der Waals surface area contributed by atoms with Crippen LogP contribution in [0.25, 0.3) is 0 Å². The van der Waals surface area contributed by atoms with Crippen LogP contribution in [-0.2, 0) is 18.4 Å². The molecule has 0 aromatic heterocycles. The summed E-state index contributed by atoms with van der Waals surface area (Å²) in [6.45, 7) is 3.99. The van der Waals surface area contributed by atoms with Gasteiger partial charge in [-0.2, -0.15) is 0 Å². The number of nitrogens with two attached hydrogens (primary N) is 1. The summed E-state index contributed by atoms with van der Waals surface area (Å²) in [4.78, 5) is 22.5. The topological polar surface area (TPSA) is 131 Å². The Labute approximate surface area is 299 Å². The molecule has 0 rings (SSSR count). The Balaban J connectivity index is 4.18. The zero-order chi connectivity index (χ0) is 36.1. The maximum absolute atomic E-state index is 12.7. The first-order valence-corrected chi connectivity index (χ1v) is 20.5. The fourth-order valence-corrected chi connectivity index (χ4v) is 5.72. The van der Waals surface area contributed by atoms with E-state index in [-0.39, 0.29) is 25.7 Å². The Morgan fingerprint density at radius 2 is 1.18 bits per heavy atom. The highest BCUT2D eigenvalue weighted by molar-refractivity contribution is 7.47. The number of hydrogen-bond donors (Lipinski definition) is 4. The molecular formula is C40H71N2O6P. The molecule has 49 heavy (non-hydrogen) atoms. The summed E-state index contributed by atoms with van der Waals surface area (Å²) in [6, 6.07) is -0.789. The number of unbranched alkanes of at least 4 members (excludes halogenated alkanes) is 10. The molecule has 0 radical (unpaired) electrons. The van der Waals surface area contributed by atoms with E-state index in [4.69, 9.17) is 14.8 Å². The molecule has 3 atom stereocenters. The van der Waals surface area contributed by atoms with Crippen molar-refractivity contribution in [1.29, 1.82) is 0 Å². The van der Waals surface area contributed by atoms with E-state index in [1.807, 2.05) is 0 Å². The molecule has 282 valence electrons. The highest BCUT2D eigenvalue weighted by Gasteiger charge is 2.27. The summed E-state index contributed by atoms with van der Waals surface area (Å²) in [7, 11) is -4.31. The zero-order valence-corrected chi connectivity index (χ0v) is 31.8. The van der Waals surface area contributed by atoms with Gasteiger partial charge in [0, 0.05) is 13.0 Å². The molecule has 9 heteroatoms. The number of carbonyl (C=O) groups excluding carboxylic acids is 1. The lowest BCUT2D eigenvalue weighted by Gasteiger charge is -2.25. The standard InChI is InChI=1S/C40H71N2O6P/c1-3-5-7-9-11-12-13-14-15-16-17-18-19-20-21-22-23-24-25-26-28-30-32-34-40(44)42-38(37-48-49(45,46)47-36-35-41)39(43)33-31-29-27-10-8-6-4-2/h5,7,11-12,14-15,17-18,20-21,23-24,38-39,43H,3-4,6,8-10,13,16,19,22,25-37,41H2,1-2H3,(H,42,44)(H,45,46)/b7-5-,12-11-,15-14-,18-17-,21-20-,24-23-. The minimum absolute atomic E-state index is 0.0797. The summed E-state index contributed by atoms with van der Waals surface area (Å²) >= 11 is 0. The van der Waals surface area contributed by atoms with E-state index in [2.05, 4.69) is 92.1 Å². The van der Waals surface area contributed by atoms with Crippen LogP contribution < -0.4 is 11.1 Å². The first kappa shape index (κ1) is 46.9. The molecule has 0 saturated heterocycles. The smallest absolute Gasteiger partial charge is 0.391 e. The van der Waals surface area contributed by atoms with E-state index in [1.54, 1.807) is 0 Å². The molecule has 0 fully saturated rings. The van der Waals surface area contributed by atoms with E-state index in [0.29, 0.717) is 12.8 Å². The quantitative estimate of drug-likeness (QED) is 0.0298. The normalized spacial score (nSPS) is 15.1. The van der Waals surface area contributed by atoms with Crippen LogP contribution >= 0.6 is 7.82 Å². The Kier molecular flexibility index (Phi) is 34.3. The lowest BCUT2D eigenvalue weighted by atomic mass is 10.0. The second-order valence-electron chi connectivity index (χ2n) is 12.4. The van der Waals surface area contributed by atoms with Crippen LogP contribution in [0.4, 0.5) is 0 Å². The van der Waals surface area contributed by atoms with Crippen molar-refractivity contribution in [1.82, 2.24) is 5.32 Å². The number of aliphatic hydroxyl groups is 1. The van der Waals surface area contributed by atoms with Crippen molar-refractivity contribution in [2.24, 2.45) is 5.73 Å². The van der Waals surface area contributed by atoms with E-state index in [1.165, 1.54) is 25.7 Å². The predicted molar refractivity (Wildman–Crippen MR) is 207 cm³/mol. The molecule has 0 aliphatic heterocycles. The lowest BCUT2D eigenvalue weighted by Crippen LogP contribution is -2.46. The second kappa shape index (κ2) is 35.8. The number of amides is 1. The van der Waals surface area contributed by atoms with Gasteiger partial charge in [-0.05, 0) is 64.2 Å². The van der Waals surface area contributed by atoms with Crippen LogP contribution in [0.5, 0.6) is 0 Å². The van der Waals surface area contributed by atoms with Crippen molar-refractivity contribution in [3.05, 3.63) is 72.9 Å². The maximum Gasteiger partial charge on any atom is 0.472 e. The highest BCUT2D eigenvalue weighted by atomic mass is 31.2. The van der Waals surface area contributed by atoms with Crippen LogP contribution in [-0.4, -0.2) is 47.8 Å². The number of phosphoric acid groups is 1. The van der Waals surface area contributed by atoms with Crippen molar-refractivity contribution in [2.45, 2.75) is 154 Å². The van der Waals surface area contributed by atoms with Gasteiger partial charge in [0.15, 0.2) is 0 Å². The van der Waals surface area contributed by atoms with Gasteiger partial charge in [0.2, 0.25) is 5.91 Å². The van der Waals surface area contributed by atoms with E-state index in [9.17, 15) is 19.4 Å². The molecule has 5 N–H and O–H groups in total. The average Bonchev–Trinajstić information content (AvgIpc) is 3.09. The van der Waals surface area contributed by atoms with Gasteiger partial charge >= 0.3 is 7.82 Å². The summed E-state index contributed by atoms with van der Waals surface area (Å²) in [6.07, 6.45) is 45.0. The Bertz CT molecular complexity index is 991. The summed E-state index contributed by atoms with van der Waals surface area (Å²) < 4.78 is 22.0. The molecule has 8 nitrogen and oxygen atoms in total. The van der Waals surface area contributed by atoms with Gasteiger partial charge in [0.05, 0.1) is 25.4 Å². The summed E-state index contributed by atoms with van der Waals surface area (Å²) in [5, 5.41) is 13.6. The van der Waals surface area contributed by atoms with E-state index >= 15 is 0 Å². The number of allylic oxidation sites excluding steroid dienone is 12. The third kappa shape index (κ3) is 34.2. The molecule has 0 aliphatic rings.